The van der Waals surface area contributed by atoms with Crippen LogP contribution in [0.5, 0.6) is 5.75 Å². The van der Waals surface area contributed by atoms with Crippen LogP contribution in [0.1, 0.15) is 21.5 Å². The predicted octanol–water partition coefficient (Wildman–Crippen LogP) is 1.37. The molecular formula is C9H8O3. The van der Waals surface area contributed by atoms with Gasteiger partial charge < -0.3 is 9.84 Å². The van der Waals surface area contributed by atoms with Crippen LogP contribution >= 0.6 is 0 Å². The Bertz CT molecular complexity index is 355. The standard InChI is InChI=1S/C9H8O3/c1-5-2-6-4-12-9(11)8(6)7(10)3-5/h2-3,10H,4H2,1H3. The number of aromatic hydroxyl groups is 1. The second-order valence-corrected chi connectivity index (χ2v) is 2.89. The average molecular weight is 164 g/mol. The summed E-state index contributed by atoms with van der Waals surface area (Å²) >= 11 is 0. The maximum atomic E-state index is 11.0. The minimum absolute atomic E-state index is 0.0208. The van der Waals surface area contributed by atoms with Gasteiger partial charge in [-0.1, -0.05) is 6.07 Å². The fraction of sp³-hybridized carbons (Fsp3) is 0.222. The topological polar surface area (TPSA) is 46.5 Å². The SMILES string of the molecule is Cc1cc(O)c2c(c1)COC2=O. The molecule has 0 amide bonds. The molecule has 1 aliphatic rings. The van der Waals surface area contributed by atoms with Gasteiger partial charge in [0.25, 0.3) is 0 Å². The summed E-state index contributed by atoms with van der Waals surface area (Å²) < 4.78 is 4.76. The summed E-state index contributed by atoms with van der Waals surface area (Å²) in [5.41, 5.74) is 2.03. The molecule has 3 nitrogen and oxygen atoms in total. The molecular weight excluding hydrogens is 156 g/mol. The summed E-state index contributed by atoms with van der Waals surface area (Å²) in [6, 6.07) is 3.41. The Hall–Kier alpha value is -1.51. The molecule has 1 aliphatic heterocycles. The van der Waals surface area contributed by atoms with Gasteiger partial charge in [0.05, 0.1) is 0 Å². The maximum absolute atomic E-state index is 11.0. The van der Waals surface area contributed by atoms with Crippen molar-refractivity contribution >= 4 is 5.97 Å². The lowest BCUT2D eigenvalue weighted by Gasteiger charge is -1.99. The van der Waals surface area contributed by atoms with Crippen LogP contribution in [0.2, 0.25) is 0 Å². The number of cyclic esters (lactones) is 1. The number of hydrogen-bond acceptors (Lipinski definition) is 3. The molecule has 0 radical (unpaired) electrons. The first kappa shape index (κ1) is 7.16. The number of phenolic OH excluding ortho intramolecular Hbond substituents is 1. The molecule has 1 aromatic carbocycles. The monoisotopic (exact) mass is 164 g/mol. The molecule has 0 fully saturated rings. The summed E-state index contributed by atoms with van der Waals surface area (Å²) in [5.74, 6) is -0.407. The molecule has 2 rings (SSSR count). The van der Waals surface area contributed by atoms with Crippen molar-refractivity contribution in [2.24, 2.45) is 0 Å². The zero-order valence-electron chi connectivity index (χ0n) is 6.63. The van der Waals surface area contributed by atoms with E-state index in [-0.39, 0.29) is 12.4 Å². The highest BCUT2D eigenvalue weighted by Crippen LogP contribution is 2.29. The number of aryl methyl sites for hydroxylation is 1. The Morgan fingerprint density at radius 2 is 2.25 bits per heavy atom. The van der Waals surface area contributed by atoms with E-state index in [0.29, 0.717) is 5.56 Å². The van der Waals surface area contributed by atoms with Gasteiger partial charge in [-0.2, -0.15) is 0 Å². The van der Waals surface area contributed by atoms with E-state index < -0.39 is 5.97 Å². The van der Waals surface area contributed by atoms with E-state index in [1.807, 2.05) is 13.0 Å². The van der Waals surface area contributed by atoms with Gasteiger partial charge in [0, 0.05) is 5.56 Å². The molecule has 0 atom stereocenters. The van der Waals surface area contributed by atoms with Crippen LogP contribution in [-0.2, 0) is 11.3 Å². The molecule has 0 saturated carbocycles. The minimum Gasteiger partial charge on any atom is -0.507 e. The van der Waals surface area contributed by atoms with Gasteiger partial charge >= 0.3 is 5.97 Å². The maximum Gasteiger partial charge on any atom is 0.342 e. The van der Waals surface area contributed by atoms with Gasteiger partial charge in [-0.15, -0.1) is 0 Å². The van der Waals surface area contributed by atoms with Crippen LogP contribution in [0.3, 0.4) is 0 Å². The van der Waals surface area contributed by atoms with E-state index in [1.165, 1.54) is 0 Å². The lowest BCUT2D eigenvalue weighted by atomic mass is 10.1. The third-order valence-electron chi connectivity index (χ3n) is 1.91. The predicted molar refractivity (Wildman–Crippen MR) is 42.0 cm³/mol. The summed E-state index contributed by atoms with van der Waals surface area (Å²) in [6.45, 7) is 2.15. The number of ether oxygens (including phenoxy) is 1. The van der Waals surface area contributed by atoms with Crippen LogP contribution in [-0.4, -0.2) is 11.1 Å². The van der Waals surface area contributed by atoms with Crippen LogP contribution < -0.4 is 0 Å². The Morgan fingerprint density at radius 1 is 1.50 bits per heavy atom. The third-order valence-corrected chi connectivity index (χ3v) is 1.91. The van der Waals surface area contributed by atoms with Gasteiger partial charge in [-0.05, 0) is 18.6 Å². The molecule has 0 spiro atoms. The molecule has 3 heteroatoms. The van der Waals surface area contributed by atoms with E-state index in [1.54, 1.807) is 6.07 Å². The smallest absolute Gasteiger partial charge is 0.342 e. The van der Waals surface area contributed by atoms with Crippen LogP contribution in [0.15, 0.2) is 12.1 Å². The fourth-order valence-corrected chi connectivity index (χ4v) is 1.41. The highest BCUT2D eigenvalue weighted by Gasteiger charge is 2.24. The molecule has 12 heavy (non-hydrogen) atoms. The molecule has 1 N–H and O–H groups in total. The van der Waals surface area contributed by atoms with E-state index in [2.05, 4.69) is 0 Å². The van der Waals surface area contributed by atoms with Crippen LogP contribution in [0, 0.1) is 6.92 Å². The van der Waals surface area contributed by atoms with Gasteiger partial charge in [0.15, 0.2) is 0 Å². The van der Waals surface area contributed by atoms with E-state index in [0.717, 1.165) is 11.1 Å². The molecule has 0 aromatic heterocycles. The third kappa shape index (κ3) is 0.863. The first-order chi connectivity index (χ1) is 5.68. The molecule has 1 aromatic rings. The molecule has 0 bridgehead atoms. The number of rotatable bonds is 0. The summed E-state index contributed by atoms with van der Waals surface area (Å²) in [4.78, 5) is 11.0. The second kappa shape index (κ2) is 2.24. The number of benzene rings is 1. The van der Waals surface area contributed by atoms with Crippen molar-refractivity contribution in [2.75, 3.05) is 0 Å². The fourth-order valence-electron chi connectivity index (χ4n) is 1.41. The van der Waals surface area contributed by atoms with Crippen molar-refractivity contribution in [1.29, 1.82) is 0 Å². The van der Waals surface area contributed by atoms with Crippen molar-refractivity contribution < 1.29 is 14.6 Å². The first-order valence-corrected chi connectivity index (χ1v) is 3.68. The van der Waals surface area contributed by atoms with Crippen molar-refractivity contribution in [1.82, 2.24) is 0 Å². The highest BCUT2D eigenvalue weighted by molar-refractivity contribution is 5.96. The van der Waals surface area contributed by atoms with Crippen molar-refractivity contribution in [3.8, 4) is 5.75 Å². The highest BCUT2D eigenvalue weighted by atomic mass is 16.5. The number of fused-ring (bicyclic) bond motifs is 1. The van der Waals surface area contributed by atoms with Crippen LogP contribution in [0.4, 0.5) is 0 Å². The number of carbonyl (C=O) groups is 1. The van der Waals surface area contributed by atoms with Gasteiger partial charge in [0.2, 0.25) is 0 Å². The lowest BCUT2D eigenvalue weighted by Crippen LogP contribution is -1.94. The van der Waals surface area contributed by atoms with Crippen molar-refractivity contribution in [3.05, 3.63) is 28.8 Å². The molecule has 0 aliphatic carbocycles. The Kier molecular flexibility index (Phi) is 1.33. The summed E-state index contributed by atoms with van der Waals surface area (Å²) in [6.07, 6.45) is 0. The normalized spacial score (nSPS) is 14.2. The van der Waals surface area contributed by atoms with Crippen LogP contribution in [0.25, 0.3) is 0 Å². The van der Waals surface area contributed by atoms with Gasteiger partial charge in [-0.25, -0.2) is 4.79 Å². The Morgan fingerprint density at radius 3 is 3.00 bits per heavy atom. The second-order valence-electron chi connectivity index (χ2n) is 2.89. The zero-order valence-corrected chi connectivity index (χ0v) is 6.63. The lowest BCUT2D eigenvalue weighted by molar-refractivity contribution is 0.0533. The quantitative estimate of drug-likeness (QED) is 0.589. The molecule has 1 heterocycles. The first-order valence-electron chi connectivity index (χ1n) is 3.68. The molecule has 62 valence electrons. The number of hydrogen-bond donors (Lipinski definition) is 1. The Labute approximate surface area is 69.6 Å². The minimum atomic E-state index is -0.428. The summed E-state index contributed by atoms with van der Waals surface area (Å²) in [5, 5.41) is 9.38. The molecule has 0 unspecified atom stereocenters. The average Bonchev–Trinajstić information content (AvgIpc) is 2.31. The molecule has 0 saturated heterocycles. The van der Waals surface area contributed by atoms with E-state index in [4.69, 9.17) is 4.74 Å². The number of carbonyl (C=O) groups excluding carboxylic acids is 1. The number of esters is 1. The van der Waals surface area contributed by atoms with Gasteiger partial charge in [-0.3, -0.25) is 0 Å². The summed E-state index contributed by atoms with van der Waals surface area (Å²) in [7, 11) is 0. The largest absolute Gasteiger partial charge is 0.507 e. The van der Waals surface area contributed by atoms with E-state index >= 15 is 0 Å². The van der Waals surface area contributed by atoms with E-state index in [9.17, 15) is 9.90 Å². The van der Waals surface area contributed by atoms with Crippen molar-refractivity contribution in [2.45, 2.75) is 13.5 Å². The Balaban J connectivity index is 2.68. The van der Waals surface area contributed by atoms with Gasteiger partial charge in [0.1, 0.15) is 17.9 Å². The van der Waals surface area contributed by atoms with Crippen molar-refractivity contribution in [3.63, 3.8) is 0 Å². The zero-order chi connectivity index (χ0) is 8.72. The number of phenols is 1.